The Morgan fingerprint density at radius 1 is 1.06 bits per heavy atom. The predicted octanol–water partition coefficient (Wildman–Crippen LogP) is 2.70. The lowest BCUT2D eigenvalue weighted by molar-refractivity contribution is -0.119. The van der Waals surface area contributed by atoms with Crippen molar-refractivity contribution in [3.05, 3.63) is 69.0 Å². The quantitative estimate of drug-likeness (QED) is 0.515. The van der Waals surface area contributed by atoms with E-state index in [2.05, 4.69) is 32.3 Å². The molecule has 0 spiro atoms. The zero-order chi connectivity index (χ0) is 22.6. The Hall–Kier alpha value is -3.88. The van der Waals surface area contributed by atoms with Gasteiger partial charge in [-0.15, -0.1) is 0 Å². The van der Waals surface area contributed by atoms with Gasteiger partial charge in [0.1, 0.15) is 22.8 Å². The van der Waals surface area contributed by atoms with Gasteiger partial charge in [-0.25, -0.2) is 19.5 Å². The highest BCUT2D eigenvalue weighted by atomic mass is 16.2. The van der Waals surface area contributed by atoms with Gasteiger partial charge in [-0.1, -0.05) is 43.2 Å². The normalized spacial score (nSPS) is 17.6. The molecule has 4 heterocycles. The molecule has 1 amide bonds. The third-order valence-corrected chi connectivity index (χ3v) is 5.96. The van der Waals surface area contributed by atoms with Crippen molar-refractivity contribution in [3.63, 3.8) is 0 Å². The molecule has 1 aliphatic rings. The Kier molecular flexibility index (Phi) is 4.44. The number of H-pyrrole nitrogens is 1. The molecular formula is C23H23N7O2. The van der Waals surface area contributed by atoms with Crippen LogP contribution in [-0.2, 0) is 16.6 Å². The Labute approximate surface area is 184 Å². The zero-order valence-corrected chi connectivity index (χ0v) is 18.4. The summed E-state index contributed by atoms with van der Waals surface area (Å²) in [4.78, 5) is 42.8. The Bertz CT molecular complexity index is 1440. The van der Waals surface area contributed by atoms with Gasteiger partial charge in [-0.05, 0) is 32.8 Å². The molecule has 2 N–H and O–H groups in total. The summed E-state index contributed by atoms with van der Waals surface area (Å²) in [5, 5.41) is 7.20. The topological polar surface area (TPSA) is 118 Å². The van der Waals surface area contributed by atoms with E-state index in [9.17, 15) is 9.59 Å². The predicted molar refractivity (Wildman–Crippen MR) is 120 cm³/mol. The number of anilines is 1. The van der Waals surface area contributed by atoms with E-state index in [1.165, 1.54) is 0 Å². The average Bonchev–Trinajstić information content (AvgIpc) is 3.25. The summed E-state index contributed by atoms with van der Waals surface area (Å²) in [6.45, 7) is 7.60. The number of amides is 1. The maximum atomic E-state index is 13.2. The smallest absolute Gasteiger partial charge is 0.257 e. The van der Waals surface area contributed by atoms with Crippen LogP contribution in [-0.4, -0.2) is 35.5 Å². The van der Waals surface area contributed by atoms with Crippen LogP contribution in [0.2, 0.25) is 0 Å². The fourth-order valence-corrected chi connectivity index (χ4v) is 4.23. The van der Waals surface area contributed by atoms with E-state index >= 15 is 0 Å². The van der Waals surface area contributed by atoms with Gasteiger partial charge in [-0.3, -0.25) is 9.59 Å². The Morgan fingerprint density at radius 3 is 2.53 bits per heavy atom. The number of carbonyl (C=O) groups is 1. The molecule has 4 aromatic rings. The molecule has 1 aliphatic heterocycles. The lowest BCUT2D eigenvalue weighted by Gasteiger charge is -2.21. The highest BCUT2D eigenvalue weighted by molar-refractivity contribution is 6.07. The number of rotatable bonds is 4. The number of hydrogen-bond donors (Lipinski definition) is 2. The van der Waals surface area contributed by atoms with E-state index in [1.807, 2.05) is 38.1 Å². The summed E-state index contributed by atoms with van der Waals surface area (Å²) in [6.07, 6.45) is 3.29. The lowest BCUT2D eigenvalue weighted by Crippen LogP contribution is -2.36. The van der Waals surface area contributed by atoms with E-state index in [0.717, 1.165) is 23.2 Å². The molecule has 0 bridgehead atoms. The number of hydrogen-bond acceptors (Lipinski definition) is 6. The second-order valence-electron chi connectivity index (χ2n) is 8.33. The van der Waals surface area contributed by atoms with Crippen LogP contribution in [0, 0.1) is 13.8 Å². The van der Waals surface area contributed by atoms with Crippen LogP contribution in [0.4, 0.5) is 5.82 Å². The van der Waals surface area contributed by atoms with Crippen molar-refractivity contribution in [2.75, 3.05) is 5.32 Å². The van der Waals surface area contributed by atoms with Crippen molar-refractivity contribution in [2.24, 2.45) is 0 Å². The maximum absolute atomic E-state index is 13.2. The van der Waals surface area contributed by atoms with Crippen LogP contribution in [0.3, 0.4) is 0 Å². The summed E-state index contributed by atoms with van der Waals surface area (Å²) in [5.41, 5.74) is 2.55. The number of carbonyl (C=O) groups excluding carboxylic acids is 1. The first-order valence-corrected chi connectivity index (χ1v) is 10.6. The van der Waals surface area contributed by atoms with Crippen LogP contribution in [0.25, 0.3) is 17.2 Å². The van der Waals surface area contributed by atoms with E-state index < -0.39 is 5.41 Å². The number of fused-ring (bicyclic) bond motifs is 2. The molecule has 32 heavy (non-hydrogen) atoms. The van der Waals surface area contributed by atoms with Crippen LogP contribution in [0.5, 0.6) is 0 Å². The van der Waals surface area contributed by atoms with Crippen LogP contribution in [0.1, 0.15) is 48.5 Å². The highest BCUT2D eigenvalue weighted by Crippen LogP contribution is 2.40. The number of aromatic amines is 1. The minimum absolute atomic E-state index is 0.255. The zero-order valence-electron chi connectivity index (χ0n) is 18.4. The van der Waals surface area contributed by atoms with E-state index in [0.29, 0.717) is 29.1 Å². The van der Waals surface area contributed by atoms with Crippen molar-refractivity contribution in [3.8, 4) is 11.5 Å². The number of aromatic nitrogens is 6. The van der Waals surface area contributed by atoms with Gasteiger partial charge in [0.25, 0.3) is 5.56 Å². The number of nitrogens with zero attached hydrogens (tertiary/aromatic N) is 5. The standard InChI is InChI=1S/C23H23N7O2/c1-5-6-15-20-24-13(3)29-30(20)11-16(25-15)18-26-19-17(21(31)27-18)23(4,22(32)28-19)14-9-7-12(2)8-10-14/h7-11H,5-6H2,1-4H3,(H2,26,27,28,31,32). The summed E-state index contributed by atoms with van der Waals surface area (Å²) < 4.78 is 1.66. The van der Waals surface area contributed by atoms with Crippen molar-refractivity contribution in [1.29, 1.82) is 0 Å². The molecule has 9 nitrogen and oxygen atoms in total. The first-order chi connectivity index (χ1) is 15.3. The van der Waals surface area contributed by atoms with E-state index in [1.54, 1.807) is 17.6 Å². The molecule has 0 saturated carbocycles. The third-order valence-electron chi connectivity index (χ3n) is 5.96. The van der Waals surface area contributed by atoms with Crippen LogP contribution in [0.15, 0.2) is 35.3 Å². The fraction of sp³-hybridized carbons (Fsp3) is 0.304. The molecule has 1 atom stereocenters. The molecule has 162 valence electrons. The molecule has 1 aromatic carbocycles. The number of aryl methyl sites for hydroxylation is 3. The first-order valence-electron chi connectivity index (χ1n) is 10.6. The van der Waals surface area contributed by atoms with Crippen molar-refractivity contribution >= 4 is 17.4 Å². The second-order valence-corrected chi connectivity index (χ2v) is 8.33. The van der Waals surface area contributed by atoms with Gasteiger partial charge in [0.2, 0.25) is 5.91 Å². The molecular weight excluding hydrogens is 406 g/mol. The largest absolute Gasteiger partial charge is 0.309 e. The summed E-state index contributed by atoms with van der Waals surface area (Å²) in [7, 11) is 0. The number of benzene rings is 1. The molecule has 0 radical (unpaired) electrons. The lowest BCUT2D eigenvalue weighted by atomic mass is 9.78. The number of nitrogens with one attached hydrogen (secondary N) is 2. The van der Waals surface area contributed by atoms with Gasteiger partial charge < -0.3 is 10.3 Å². The van der Waals surface area contributed by atoms with Crippen molar-refractivity contribution in [1.82, 2.24) is 29.5 Å². The molecule has 1 unspecified atom stereocenters. The molecule has 5 rings (SSSR count). The van der Waals surface area contributed by atoms with E-state index in [4.69, 9.17) is 4.98 Å². The maximum Gasteiger partial charge on any atom is 0.257 e. The third kappa shape index (κ3) is 2.92. The van der Waals surface area contributed by atoms with Crippen molar-refractivity contribution in [2.45, 2.75) is 46.0 Å². The summed E-state index contributed by atoms with van der Waals surface area (Å²) in [5.74, 6) is 0.881. The fourth-order valence-electron chi connectivity index (χ4n) is 4.23. The van der Waals surface area contributed by atoms with Gasteiger partial charge in [0.15, 0.2) is 11.5 Å². The van der Waals surface area contributed by atoms with Gasteiger partial charge in [-0.2, -0.15) is 5.10 Å². The monoisotopic (exact) mass is 429 g/mol. The molecule has 0 fully saturated rings. The minimum Gasteiger partial charge on any atom is -0.309 e. The van der Waals surface area contributed by atoms with Crippen LogP contribution < -0.4 is 10.9 Å². The summed E-state index contributed by atoms with van der Waals surface area (Å²) >= 11 is 0. The Balaban J connectivity index is 1.67. The second kappa shape index (κ2) is 7.08. The Morgan fingerprint density at radius 2 is 1.81 bits per heavy atom. The minimum atomic E-state index is -1.13. The van der Waals surface area contributed by atoms with Crippen LogP contribution >= 0.6 is 0 Å². The molecule has 0 aliphatic carbocycles. The molecule has 3 aromatic heterocycles. The molecule has 0 saturated heterocycles. The van der Waals surface area contributed by atoms with E-state index in [-0.39, 0.29) is 23.1 Å². The molecule has 9 heteroatoms. The first kappa shape index (κ1) is 20.0. The van der Waals surface area contributed by atoms with Crippen molar-refractivity contribution < 1.29 is 4.79 Å². The van der Waals surface area contributed by atoms with Gasteiger partial charge >= 0.3 is 0 Å². The highest BCUT2D eigenvalue weighted by Gasteiger charge is 2.47. The SMILES string of the molecule is CCCc1nc(-c2nc3c(c(=O)[nH]2)C(C)(c2ccc(C)cc2)C(=O)N3)cn2nc(C)nc12. The summed E-state index contributed by atoms with van der Waals surface area (Å²) in [6, 6.07) is 7.60. The van der Waals surface area contributed by atoms with Gasteiger partial charge in [0, 0.05) is 0 Å². The average molecular weight is 429 g/mol. The van der Waals surface area contributed by atoms with Gasteiger partial charge in [0.05, 0.1) is 17.5 Å².